The van der Waals surface area contributed by atoms with Crippen LogP contribution in [-0.4, -0.2) is 10.9 Å². The van der Waals surface area contributed by atoms with Crippen LogP contribution < -0.4 is 5.32 Å². The topological polar surface area (TPSA) is 65.8 Å². The van der Waals surface area contributed by atoms with Gasteiger partial charge in [0.15, 0.2) is 0 Å². The second-order valence-corrected chi connectivity index (χ2v) is 5.26. The van der Waals surface area contributed by atoms with Crippen LogP contribution in [0.5, 0.6) is 0 Å². The minimum absolute atomic E-state index is 0.0748. The van der Waals surface area contributed by atoms with Gasteiger partial charge in [-0.15, -0.1) is 11.3 Å². The van der Waals surface area contributed by atoms with Crippen LogP contribution in [0.25, 0.3) is 10.6 Å². The molecule has 0 bridgehead atoms. The number of nitriles is 1. The molecule has 19 heavy (non-hydrogen) atoms. The van der Waals surface area contributed by atoms with E-state index in [0.717, 1.165) is 33.9 Å². The predicted octanol–water partition coefficient (Wildman–Crippen LogP) is 2.76. The van der Waals surface area contributed by atoms with Crippen molar-refractivity contribution in [2.45, 2.75) is 19.3 Å². The number of hydrogen-bond acceptors (Lipinski definition) is 4. The number of fused-ring (bicyclic) bond motifs is 1. The zero-order valence-corrected chi connectivity index (χ0v) is 11.0. The van der Waals surface area contributed by atoms with E-state index in [1.165, 1.54) is 0 Å². The Labute approximate surface area is 114 Å². The summed E-state index contributed by atoms with van der Waals surface area (Å²) in [4.78, 5) is 15.7. The number of nitrogens with zero attached hydrogens (tertiary/aromatic N) is 2. The van der Waals surface area contributed by atoms with Gasteiger partial charge in [-0.05, 0) is 30.2 Å². The van der Waals surface area contributed by atoms with Gasteiger partial charge in [0.25, 0.3) is 0 Å². The highest BCUT2D eigenvalue weighted by Crippen LogP contribution is 2.30. The third-order valence-corrected chi connectivity index (χ3v) is 4.00. The van der Waals surface area contributed by atoms with E-state index in [0.29, 0.717) is 12.8 Å². The van der Waals surface area contributed by atoms with Crippen molar-refractivity contribution in [3.05, 3.63) is 34.8 Å². The van der Waals surface area contributed by atoms with Crippen molar-refractivity contribution in [2.24, 2.45) is 0 Å². The Hall–Kier alpha value is -2.19. The molecule has 0 saturated carbocycles. The third kappa shape index (κ3) is 2.35. The summed E-state index contributed by atoms with van der Waals surface area (Å²) in [6, 6.07) is 8.05. The van der Waals surface area contributed by atoms with E-state index in [9.17, 15) is 4.79 Å². The number of benzene rings is 1. The number of amides is 1. The van der Waals surface area contributed by atoms with Crippen molar-refractivity contribution >= 4 is 22.9 Å². The molecule has 2 aromatic rings. The van der Waals surface area contributed by atoms with Gasteiger partial charge in [-0.25, -0.2) is 4.98 Å². The molecule has 0 unspecified atom stereocenters. The van der Waals surface area contributed by atoms with Crippen LogP contribution >= 0.6 is 11.3 Å². The summed E-state index contributed by atoms with van der Waals surface area (Å²) >= 11 is 1.54. The Morgan fingerprint density at radius 1 is 1.42 bits per heavy atom. The minimum atomic E-state index is 0.0748. The van der Waals surface area contributed by atoms with Crippen molar-refractivity contribution in [3.63, 3.8) is 0 Å². The monoisotopic (exact) mass is 269 g/mol. The van der Waals surface area contributed by atoms with Crippen LogP contribution in [-0.2, 0) is 17.6 Å². The van der Waals surface area contributed by atoms with Gasteiger partial charge in [0.2, 0.25) is 5.91 Å². The number of aromatic nitrogens is 1. The number of hydrogen-bond donors (Lipinski definition) is 1. The Bertz CT molecular complexity index is 684. The Morgan fingerprint density at radius 2 is 2.32 bits per heavy atom. The van der Waals surface area contributed by atoms with Crippen LogP contribution in [0.1, 0.15) is 17.7 Å². The fourth-order valence-corrected chi connectivity index (χ4v) is 2.93. The number of thiazole rings is 1. The maximum absolute atomic E-state index is 11.3. The molecule has 0 saturated heterocycles. The standard InChI is InChI=1S/C14H11N3OS/c15-6-5-11-8-19-14(16-11)10-1-3-12-9(7-10)2-4-13(18)17-12/h1,3,7-8H,2,4-5H2,(H,17,18). The number of carbonyl (C=O) groups is 1. The molecule has 0 aliphatic carbocycles. The van der Waals surface area contributed by atoms with Gasteiger partial charge in [0, 0.05) is 23.1 Å². The Kier molecular flexibility index (Phi) is 3.02. The molecule has 0 radical (unpaired) electrons. The summed E-state index contributed by atoms with van der Waals surface area (Å²) in [5.41, 5.74) is 3.90. The molecule has 0 fully saturated rings. The van der Waals surface area contributed by atoms with Gasteiger partial charge in [0.05, 0.1) is 18.2 Å². The molecule has 5 heteroatoms. The molecule has 1 N–H and O–H groups in total. The molecule has 0 spiro atoms. The maximum atomic E-state index is 11.3. The van der Waals surface area contributed by atoms with E-state index >= 15 is 0 Å². The summed E-state index contributed by atoms with van der Waals surface area (Å²) in [7, 11) is 0. The van der Waals surface area contributed by atoms with Crippen molar-refractivity contribution in [1.82, 2.24) is 4.98 Å². The molecule has 4 nitrogen and oxygen atoms in total. The van der Waals surface area contributed by atoms with Crippen molar-refractivity contribution in [1.29, 1.82) is 5.26 Å². The zero-order valence-electron chi connectivity index (χ0n) is 10.1. The maximum Gasteiger partial charge on any atom is 0.224 e. The predicted molar refractivity (Wildman–Crippen MR) is 73.8 cm³/mol. The number of rotatable bonds is 2. The number of nitrogens with one attached hydrogen (secondary N) is 1. The van der Waals surface area contributed by atoms with E-state index in [1.54, 1.807) is 11.3 Å². The van der Waals surface area contributed by atoms with Gasteiger partial charge in [-0.1, -0.05) is 0 Å². The minimum Gasteiger partial charge on any atom is -0.326 e. The summed E-state index contributed by atoms with van der Waals surface area (Å²) in [6.45, 7) is 0. The zero-order chi connectivity index (χ0) is 13.2. The first kappa shape index (κ1) is 11.9. The molecule has 1 aromatic carbocycles. The third-order valence-electron chi connectivity index (χ3n) is 3.06. The second kappa shape index (κ2) is 4.82. The summed E-state index contributed by atoms with van der Waals surface area (Å²) in [6.07, 6.45) is 1.65. The lowest BCUT2D eigenvalue weighted by atomic mass is 10.0. The van der Waals surface area contributed by atoms with Crippen LogP contribution in [0.3, 0.4) is 0 Å². The SMILES string of the molecule is N#CCc1csc(-c2ccc3c(c2)CCC(=O)N3)n1. The molecule has 0 atom stereocenters. The molecule has 1 aliphatic heterocycles. The van der Waals surface area contributed by atoms with Crippen LogP contribution in [0, 0.1) is 11.3 Å². The van der Waals surface area contributed by atoms with E-state index in [4.69, 9.17) is 5.26 Å². The fourth-order valence-electron chi connectivity index (χ4n) is 2.12. The molecule has 3 rings (SSSR count). The summed E-state index contributed by atoms with van der Waals surface area (Å²) in [5.74, 6) is 0.0748. The highest BCUT2D eigenvalue weighted by Gasteiger charge is 2.15. The van der Waals surface area contributed by atoms with Gasteiger partial charge >= 0.3 is 0 Å². The van der Waals surface area contributed by atoms with Crippen molar-refractivity contribution in [3.8, 4) is 16.6 Å². The molecule has 94 valence electrons. The van der Waals surface area contributed by atoms with Crippen LogP contribution in [0.15, 0.2) is 23.6 Å². The van der Waals surface area contributed by atoms with Crippen molar-refractivity contribution in [2.75, 3.05) is 5.32 Å². The van der Waals surface area contributed by atoms with Gasteiger partial charge in [0.1, 0.15) is 5.01 Å². The number of anilines is 1. The molecule has 2 heterocycles. The van der Waals surface area contributed by atoms with Crippen LogP contribution in [0.2, 0.25) is 0 Å². The molecular formula is C14H11N3OS. The van der Waals surface area contributed by atoms with Crippen LogP contribution in [0.4, 0.5) is 5.69 Å². The smallest absolute Gasteiger partial charge is 0.224 e. The number of aryl methyl sites for hydroxylation is 1. The lowest BCUT2D eigenvalue weighted by Crippen LogP contribution is -2.18. The Balaban J connectivity index is 1.93. The highest BCUT2D eigenvalue weighted by molar-refractivity contribution is 7.13. The van der Waals surface area contributed by atoms with E-state index in [1.807, 2.05) is 17.5 Å². The Morgan fingerprint density at radius 3 is 3.16 bits per heavy atom. The molecule has 1 amide bonds. The first-order valence-corrected chi connectivity index (χ1v) is 6.89. The van der Waals surface area contributed by atoms with Gasteiger partial charge < -0.3 is 5.32 Å². The van der Waals surface area contributed by atoms with E-state index in [-0.39, 0.29) is 5.91 Å². The number of carbonyl (C=O) groups excluding carboxylic acids is 1. The quantitative estimate of drug-likeness (QED) is 0.911. The fraction of sp³-hybridized carbons (Fsp3) is 0.214. The van der Waals surface area contributed by atoms with Gasteiger partial charge in [-0.3, -0.25) is 4.79 Å². The first-order valence-electron chi connectivity index (χ1n) is 6.01. The largest absolute Gasteiger partial charge is 0.326 e. The normalized spacial score (nSPS) is 13.5. The molecular weight excluding hydrogens is 258 g/mol. The average Bonchev–Trinajstić information content (AvgIpc) is 2.87. The van der Waals surface area contributed by atoms with E-state index < -0.39 is 0 Å². The first-order chi connectivity index (χ1) is 9.26. The second-order valence-electron chi connectivity index (χ2n) is 4.40. The molecule has 1 aliphatic rings. The molecule has 1 aromatic heterocycles. The van der Waals surface area contributed by atoms with Gasteiger partial charge in [-0.2, -0.15) is 5.26 Å². The van der Waals surface area contributed by atoms with E-state index in [2.05, 4.69) is 22.4 Å². The van der Waals surface area contributed by atoms with Crippen molar-refractivity contribution < 1.29 is 4.79 Å². The lowest BCUT2D eigenvalue weighted by molar-refractivity contribution is -0.116. The summed E-state index contributed by atoms with van der Waals surface area (Å²) in [5, 5.41) is 14.4. The summed E-state index contributed by atoms with van der Waals surface area (Å²) < 4.78 is 0. The highest BCUT2D eigenvalue weighted by atomic mass is 32.1. The lowest BCUT2D eigenvalue weighted by Gasteiger charge is -2.17. The average molecular weight is 269 g/mol.